The van der Waals surface area contributed by atoms with Crippen LogP contribution in [0.4, 0.5) is 0 Å². The Morgan fingerprint density at radius 3 is 2.10 bits per heavy atom. The molecule has 0 bridgehead atoms. The smallest absolute Gasteiger partial charge is 0.152 e. The van der Waals surface area contributed by atoms with E-state index < -0.39 is 14.1 Å². The zero-order valence-corrected chi connectivity index (χ0v) is 10.9. The number of hydrogen-bond acceptors (Lipinski definition) is 0. The highest BCUT2D eigenvalue weighted by Crippen LogP contribution is 2.50. The first-order valence-electron chi connectivity index (χ1n) is 3.91. The lowest BCUT2D eigenvalue weighted by Crippen LogP contribution is -2.55. The maximum Gasteiger partial charge on any atom is 0.152 e. The van der Waals surface area contributed by atoms with Gasteiger partial charge in [-0.15, -0.1) is 15.3 Å². The molecule has 1 saturated heterocycles. The van der Waals surface area contributed by atoms with Crippen LogP contribution < -0.4 is 0 Å². The molecule has 0 atom stereocenters. The molecule has 0 radical (unpaired) electrons. The van der Waals surface area contributed by atoms with Gasteiger partial charge in [0.25, 0.3) is 0 Å². The Balaban J connectivity index is 2.42. The first-order valence-corrected chi connectivity index (χ1v) is 12.4. The van der Waals surface area contributed by atoms with Crippen LogP contribution in [0.2, 0.25) is 23.4 Å². The zero-order chi connectivity index (χ0) is 7.83. The van der Waals surface area contributed by atoms with E-state index in [0.29, 0.717) is 0 Å². The van der Waals surface area contributed by atoms with Gasteiger partial charge in [-0.25, -0.2) is 0 Å². The molecule has 60 valence electrons. The molecule has 0 amide bonds. The van der Waals surface area contributed by atoms with Crippen LogP contribution in [0.15, 0.2) is 0 Å². The average Bonchev–Trinajstić information content (AvgIpc) is 1.85. The summed E-state index contributed by atoms with van der Waals surface area (Å²) in [6, 6.07) is 2.64. The van der Waals surface area contributed by atoms with Crippen LogP contribution in [0.3, 0.4) is 0 Å². The molecule has 1 aliphatic rings. The number of rotatable bonds is 2. The van der Waals surface area contributed by atoms with Crippen molar-refractivity contribution in [3.05, 3.63) is 0 Å². The van der Waals surface area contributed by atoms with Crippen LogP contribution in [0, 0.1) is 0 Å². The Hall–Kier alpha value is 1.20. The molecule has 0 aromatic heterocycles. The quantitative estimate of drug-likeness (QED) is 0.523. The Kier molecular flexibility index (Phi) is 2.71. The summed E-state index contributed by atoms with van der Waals surface area (Å²) in [6.45, 7) is 3.65. The summed E-state index contributed by atoms with van der Waals surface area (Å²) in [4.78, 5) is 0. The van der Waals surface area contributed by atoms with Gasteiger partial charge in [0.15, 0.2) is 7.38 Å². The predicted octanol–water partition coefficient (Wildman–Crippen LogP) is 3.64. The standard InChI is InChI=1S/C6H14BrClSi2/c1-3-9(7)5-10(8,4-2)6-9/h3-6H2,1-2H3. The highest BCUT2D eigenvalue weighted by Gasteiger charge is 2.53. The largest absolute Gasteiger partial charge is 0.168 e. The van der Waals surface area contributed by atoms with Crippen molar-refractivity contribution in [1.82, 2.24) is 0 Å². The van der Waals surface area contributed by atoms with Crippen molar-refractivity contribution in [3.8, 4) is 0 Å². The van der Waals surface area contributed by atoms with E-state index in [1.807, 2.05) is 0 Å². The van der Waals surface area contributed by atoms with Gasteiger partial charge in [-0.2, -0.15) is 11.1 Å². The SMILES string of the molecule is CC[Si]1(Cl)C[Si](Br)(CC)C1. The first kappa shape index (κ1) is 9.29. The van der Waals surface area contributed by atoms with Crippen molar-refractivity contribution in [2.24, 2.45) is 0 Å². The normalized spacial score (nSPS) is 46.8. The van der Waals surface area contributed by atoms with E-state index >= 15 is 0 Å². The molecule has 0 aromatic carbocycles. The van der Waals surface area contributed by atoms with E-state index in [-0.39, 0.29) is 0 Å². The summed E-state index contributed by atoms with van der Waals surface area (Å²) >= 11 is 10.3. The average molecular weight is 258 g/mol. The van der Waals surface area contributed by atoms with Crippen molar-refractivity contribution >= 4 is 40.4 Å². The second-order valence-electron chi connectivity index (χ2n) is 3.36. The lowest BCUT2D eigenvalue weighted by atomic mass is 11.0. The lowest BCUT2D eigenvalue weighted by Gasteiger charge is -2.45. The van der Waals surface area contributed by atoms with Gasteiger partial charge < -0.3 is 0 Å². The van der Waals surface area contributed by atoms with Gasteiger partial charge in [0.1, 0.15) is 6.69 Å². The second kappa shape index (κ2) is 2.92. The molecule has 1 rings (SSSR count). The Morgan fingerprint density at radius 1 is 1.30 bits per heavy atom. The van der Waals surface area contributed by atoms with Gasteiger partial charge in [-0.3, -0.25) is 0 Å². The van der Waals surface area contributed by atoms with E-state index in [1.54, 1.807) is 0 Å². The van der Waals surface area contributed by atoms with E-state index in [0.717, 1.165) is 0 Å². The van der Waals surface area contributed by atoms with Gasteiger partial charge in [-0.05, 0) is 17.4 Å². The highest BCUT2D eigenvalue weighted by molar-refractivity contribution is 9.26. The molecule has 0 spiro atoms. The van der Waals surface area contributed by atoms with E-state index in [2.05, 4.69) is 29.1 Å². The summed E-state index contributed by atoms with van der Waals surface area (Å²) in [5, 5.41) is 0. The third-order valence-corrected chi connectivity index (χ3v) is 25.1. The Morgan fingerprint density at radius 2 is 1.80 bits per heavy atom. The minimum atomic E-state index is -1.14. The molecule has 1 fully saturated rings. The van der Waals surface area contributed by atoms with Gasteiger partial charge in [0.2, 0.25) is 0 Å². The monoisotopic (exact) mass is 256 g/mol. The van der Waals surface area contributed by atoms with Crippen LogP contribution in [0.5, 0.6) is 0 Å². The molecule has 0 saturated carbocycles. The minimum absolute atomic E-state index is 0.885. The van der Waals surface area contributed by atoms with E-state index in [1.165, 1.54) is 23.4 Å². The number of hydrogen-bond donors (Lipinski definition) is 0. The van der Waals surface area contributed by atoms with Crippen molar-refractivity contribution < 1.29 is 0 Å². The van der Waals surface area contributed by atoms with Crippen molar-refractivity contribution in [2.45, 2.75) is 37.3 Å². The topological polar surface area (TPSA) is 0 Å². The molecule has 0 unspecified atom stereocenters. The molecule has 1 heterocycles. The summed E-state index contributed by atoms with van der Waals surface area (Å²) in [7, 11) is -1.14. The fourth-order valence-electron chi connectivity index (χ4n) is 1.58. The van der Waals surface area contributed by atoms with Crippen molar-refractivity contribution in [1.29, 1.82) is 0 Å². The maximum atomic E-state index is 6.40. The summed E-state index contributed by atoms with van der Waals surface area (Å²) in [6.07, 6.45) is 0. The van der Waals surface area contributed by atoms with Crippen LogP contribution in [-0.4, -0.2) is 14.1 Å². The molecule has 4 heteroatoms. The highest BCUT2D eigenvalue weighted by atomic mass is 79.9. The fraction of sp³-hybridized carbons (Fsp3) is 1.00. The first-order chi connectivity index (χ1) is 4.54. The van der Waals surface area contributed by atoms with E-state index in [9.17, 15) is 0 Å². The van der Waals surface area contributed by atoms with Crippen molar-refractivity contribution in [3.63, 3.8) is 0 Å². The summed E-state index contributed by atoms with van der Waals surface area (Å²) in [5.74, 6) is 0. The van der Waals surface area contributed by atoms with Crippen LogP contribution >= 0.6 is 26.4 Å². The van der Waals surface area contributed by atoms with Crippen LogP contribution in [0.1, 0.15) is 13.8 Å². The molecular weight excluding hydrogens is 244 g/mol. The van der Waals surface area contributed by atoms with Crippen LogP contribution in [-0.2, 0) is 0 Å². The molecule has 0 N–H and O–H groups in total. The lowest BCUT2D eigenvalue weighted by molar-refractivity contribution is 1.25. The number of halogens is 2. The summed E-state index contributed by atoms with van der Waals surface area (Å²) in [5.41, 5.74) is 2.82. The van der Waals surface area contributed by atoms with Gasteiger partial charge in [0.05, 0.1) is 0 Å². The van der Waals surface area contributed by atoms with Gasteiger partial charge in [0, 0.05) is 0 Å². The fourth-order valence-corrected chi connectivity index (χ4v) is 31.4. The predicted molar refractivity (Wildman–Crippen MR) is 56.9 cm³/mol. The Bertz CT molecular complexity index is 120. The van der Waals surface area contributed by atoms with E-state index in [4.69, 9.17) is 11.1 Å². The van der Waals surface area contributed by atoms with Gasteiger partial charge in [-0.1, -0.05) is 19.9 Å². The third kappa shape index (κ3) is 1.68. The summed E-state index contributed by atoms with van der Waals surface area (Å²) < 4.78 is 0. The van der Waals surface area contributed by atoms with Gasteiger partial charge >= 0.3 is 0 Å². The molecule has 0 nitrogen and oxygen atoms in total. The molecule has 0 aromatic rings. The Labute approximate surface area is 77.6 Å². The van der Waals surface area contributed by atoms with Crippen LogP contribution in [0.25, 0.3) is 0 Å². The molecular formula is C6H14BrClSi2. The maximum absolute atomic E-state index is 6.40. The molecule has 1 aliphatic heterocycles. The van der Waals surface area contributed by atoms with Crippen molar-refractivity contribution in [2.75, 3.05) is 0 Å². The molecule has 0 aliphatic carbocycles. The molecule has 10 heavy (non-hydrogen) atoms. The minimum Gasteiger partial charge on any atom is -0.168 e. The zero-order valence-electron chi connectivity index (χ0n) is 6.58. The second-order valence-corrected chi connectivity index (χ2v) is 19.7. The third-order valence-electron chi connectivity index (χ3n) is 2.53.